The Kier molecular flexibility index (Phi) is 4.12. The van der Waals surface area contributed by atoms with Crippen LogP contribution in [0.2, 0.25) is 0 Å². The lowest BCUT2D eigenvalue weighted by Gasteiger charge is -2.03. The van der Waals surface area contributed by atoms with E-state index < -0.39 is 17.9 Å². The maximum Gasteiger partial charge on any atom is 0.365 e. The van der Waals surface area contributed by atoms with E-state index in [2.05, 4.69) is 4.94 Å². The molecule has 1 amide bonds. The van der Waals surface area contributed by atoms with Crippen molar-refractivity contribution < 1.29 is 19.1 Å². The van der Waals surface area contributed by atoms with E-state index in [9.17, 15) is 14.1 Å². The molecular formula is C5H9FN2O3. The highest BCUT2D eigenvalue weighted by atomic mass is 19.3. The maximum atomic E-state index is 11.1. The lowest BCUT2D eigenvalue weighted by molar-refractivity contribution is -0.185. The summed E-state index contributed by atoms with van der Waals surface area (Å²) in [6.45, 7) is 0. The molecule has 0 aliphatic carbocycles. The zero-order valence-electron chi connectivity index (χ0n) is 5.75. The Labute approximate surface area is 62.4 Å². The van der Waals surface area contributed by atoms with Gasteiger partial charge in [0, 0.05) is 10.9 Å². The van der Waals surface area contributed by atoms with Gasteiger partial charge in [-0.2, -0.15) is 0 Å². The van der Waals surface area contributed by atoms with Crippen LogP contribution in [-0.2, 0) is 14.5 Å². The van der Waals surface area contributed by atoms with Gasteiger partial charge in [0.25, 0.3) is 0 Å². The highest BCUT2D eigenvalue weighted by Gasteiger charge is 2.16. The fourth-order valence-electron chi connectivity index (χ4n) is 0.473. The molecule has 0 heterocycles. The number of hydrogen-bond donors (Lipinski definition) is 2. The number of carbonyl (C=O) groups excluding carboxylic acids is 2. The van der Waals surface area contributed by atoms with Crippen LogP contribution in [0.3, 0.4) is 0 Å². The summed E-state index contributed by atoms with van der Waals surface area (Å²) in [4.78, 5) is 23.2. The molecule has 64 valence electrons. The van der Waals surface area contributed by atoms with Gasteiger partial charge in [0.05, 0.1) is 0 Å². The van der Waals surface area contributed by atoms with Crippen molar-refractivity contribution in [3.63, 3.8) is 0 Å². The van der Waals surface area contributed by atoms with E-state index in [0.29, 0.717) is 0 Å². The third kappa shape index (κ3) is 4.26. The molecule has 0 aromatic rings. The van der Waals surface area contributed by atoms with Crippen LogP contribution < -0.4 is 11.5 Å². The average Bonchev–Trinajstić information content (AvgIpc) is 1.98. The molecule has 0 saturated carbocycles. The third-order valence-electron chi connectivity index (χ3n) is 1.08. The number of hydrogen-bond acceptors (Lipinski definition) is 4. The topological polar surface area (TPSA) is 95.4 Å². The number of carbonyl (C=O) groups is 2. The number of primary amides is 1. The smallest absolute Gasteiger partial charge is 0.365 e. The first-order chi connectivity index (χ1) is 5.07. The summed E-state index contributed by atoms with van der Waals surface area (Å²) in [5.41, 5.74) is 9.80. The summed E-state index contributed by atoms with van der Waals surface area (Å²) in [5, 5.41) is 0. The van der Waals surface area contributed by atoms with Crippen LogP contribution in [0, 0.1) is 0 Å². The molecule has 11 heavy (non-hydrogen) atoms. The van der Waals surface area contributed by atoms with Crippen LogP contribution in [0.5, 0.6) is 0 Å². The predicted octanol–water partition coefficient (Wildman–Crippen LogP) is -0.993. The number of rotatable bonds is 4. The molecule has 0 unspecified atom stereocenters. The maximum absolute atomic E-state index is 11.1. The van der Waals surface area contributed by atoms with Gasteiger partial charge < -0.3 is 11.5 Å². The first kappa shape index (κ1) is 9.83. The van der Waals surface area contributed by atoms with E-state index in [-0.39, 0.29) is 12.8 Å². The van der Waals surface area contributed by atoms with Crippen molar-refractivity contribution in [3.8, 4) is 0 Å². The first-order valence-corrected chi connectivity index (χ1v) is 2.94. The van der Waals surface area contributed by atoms with Crippen molar-refractivity contribution in [1.82, 2.24) is 0 Å². The second kappa shape index (κ2) is 4.62. The molecule has 5 nitrogen and oxygen atoms in total. The standard InChI is InChI=1S/C5H9FN2O3/c6-11-5(10)3(7)1-2-4(8)9/h3H,1-2,7H2,(H2,8,9)/t3-/m0/s1. The van der Waals surface area contributed by atoms with Crippen molar-refractivity contribution >= 4 is 11.9 Å². The van der Waals surface area contributed by atoms with E-state index in [1.54, 1.807) is 0 Å². The average molecular weight is 164 g/mol. The lowest BCUT2D eigenvalue weighted by atomic mass is 10.2. The van der Waals surface area contributed by atoms with Gasteiger partial charge in [-0.05, 0) is 6.42 Å². The summed E-state index contributed by atoms with van der Waals surface area (Å²) in [5.74, 6) is -1.78. The summed E-state index contributed by atoms with van der Waals surface area (Å²) >= 11 is 0. The number of halogens is 1. The van der Waals surface area contributed by atoms with Gasteiger partial charge in [0.15, 0.2) is 0 Å². The SMILES string of the molecule is NC(=O)CC[C@H](N)C(=O)OF. The Morgan fingerprint density at radius 2 is 2.09 bits per heavy atom. The fraction of sp³-hybridized carbons (Fsp3) is 0.600. The molecule has 0 aliphatic heterocycles. The van der Waals surface area contributed by atoms with Gasteiger partial charge in [-0.15, -0.1) is 0 Å². The molecule has 0 bridgehead atoms. The van der Waals surface area contributed by atoms with E-state index in [4.69, 9.17) is 11.5 Å². The second-order valence-electron chi connectivity index (χ2n) is 2.01. The van der Waals surface area contributed by atoms with Gasteiger partial charge in [-0.1, -0.05) is 0 Å². The fourth-order valence-corrected chi connectivity index (χ4v) is 0.473. The van der Waals surface area contributed by atoms with Crippen molar-refractivity contribution in [3.05, 3.63) is 0 Å². The lowest BCUT2D eigenvalue weighted by Crippen LogP contribution is -2.32. The van der Waals surface area contributed by atoms with Gasteiger partial charge >= 0.3 is 5.97 Å². The van der Waals surface area contributed by atoms with Gasteiger partial charge in [-0.3, -0.25) is 9.74 Å². The third-order valence-corrected chi connectivity index (χ3v) is 1.08. The van der Waals surface area contributed by atoms with Crippen LogP contribution in [0.25, 0.3) is 0 Å². The minimum atomic E-state index is -1.19. The van der Waals surface area contributed by atoms with Crippen LogP contribution in [0.1, 0.15) is 12.8 Å². The molecule has 0 rings (SSSR count). The molecule has 0 spiro atoms. The molecule has 0 radical (unpaired) electrons. The first-order valence-electron chi connectivity index (χ1n) is 2.94. The highest BCUT2D eigenvalue weighted by Crippen LogP contribution is 1.96. The van der Waals surface area contributed by atoms with Crippen LogP contribution in [0.4, 0.5) is 4.53 Å². The van der Waals surface area contributed by atoms with Crippen molar-refractivity contribution in [2.24, 2.45) is 11.5 Å². The van der Waals surface area contributed by atoms with Gasteiger partial charge in [-0.25, -0.2) is 4.79 Å². The minimum absolute atomic E-state index is 0.00190. The Bertz CT molecular complexity index is 162. The molecule has 0 fully saturated rings. The monoisotopic (exact) mass is 164 g/mol. The zero-order valence-corrected chi connectivity index (χ0v) is 5.75. The van der Waals surface area contributed by atoms with Crippen molar-refractivity contribution in [1.29, 1.82) is 0 Å². The van der Waals surface area contributed by atoms with E-state index >= 15 is 0 Å². The van der Waals surface area contributed by atoms with Crippen LogP contribution >= 0.6 is 0 Å². The van der Waals surface area contributed by atoms with Crippen LogP contribution in [0.15, 0.2) is 0 Å². The second-order valence-corrected chi connectivity index (χ2v) is 2.01. The Morgan fingerprint density at radius 1 is 1.55 bits per heavy atom. The molecule has 1 atom stereocenters. The molecule has 0 aliphatic rings. The van der Waals surface area contributed by atoms with Gasteiger partial charge in [0.2, 0.25) is 5.91 Å². The summed E-state index contributed by atoms with van der Waals surface area (Å²) in [7, 11) is 0. The summed E-state index contributed by atoms with van der Waals surface area (Å²) < 4.78 is 11.1. The molecule has 4 N–H and O–H groups in total. The predicted molar refractivity (Wildman–Crippen MR) is 33.6 cm³/mol. The summed E-state index contributed by atoms with van der Waals surface area (Å²) in [6, 6.07) is -1.12. The normalized spacial score (nSPS) is 12.2. The quantitative estimate of drug-likeness (QED) is 0.557. The van der Waals surface area contributed by atoms with E-state index in [0.717, 1.165) is 0 Å². The van der Waals surface area contributed by atoms with Crippen molar-refractivity contribution in [2.75, 3.05) is 0 Å². The highest BCUT2D eigenvalue weighted by molar-refractivity contribution is 5.77. The molecule has 0 aromatic carbocycles. The molecule has 6 heteroatoms. The summed E-state index contributed by atoms with van der Waals surface area (Å²) in [6.07, 6.45) is -0.0612. The Morgan fingerprint density at radius 3 is 2.45 bits per heavy atom. The van der Waals surface area contributed by atoms with Crippen molar-refractivity contribution in [2.45, 2.75) is 18.9 Å². The number of amides is 1. The number of nitrogens with two attached hydrogens (primary N) is 2. The van der Waals surface area contributed by atoms with Crippen LogP contribution in [-0.4, -0.2) is 17.9 Å². The molecule has 0 aromatic heterocycles. The molecule has 0 saturated heterocycles. The van der Waals surface area contributed by atoms with E-state index in [1.807, 2.05) is 0 Å². The largest absolute Gasteiger partial charge is 0.370 e. The minimum Gasteiger partial charge on any atom is -0.370 e. The Balaban J connectivity index is 3.60. The zero-order chi connectivity index (χ0) is 8.85. The van der Waals surface area contributed by atoms with Gasteiger partial charge in [0.1, 0.15) is 6.04 Å². The Hall–Kier alpha value is -1.17. The molecular weight excluding hydrogens is 155 g/mol. The van der Waals surface area contributed by atoms with E-state index in [1.165, 1.54) is 0 Å².